The molecule has 0 spiro atoms. The Morgan fingerprint density at radius 3 is 2.25 bits per heavy atom. The fourth-order valence-corrected chi connectivity index (χ4v) is 7.83. The maximum Gasteiger partial charge on any atom is 0.410 e. The minimum atomic E-state index is -2.98. The molecule has 182 valence electrons. The number of piperazine rings is 1. The number of hydrogen-bond donors (Lipinski definition) is 0. The fourth-order valence-electron chi connectivity index (χ4n) is 6.70. The molecular formula is C23H38N2O6S. The first kappa shape index (κ1) is 23.8. The highest BCUT2D eigenvalue weighted by Gasteiger charge is 2.49. The molecule has 2 aliphatic heterocycles. The van der Waals surface area contributed by atoms with Gasteiger partial charge in [0, 0.05) is 19.4 Å². The highest BCUT2D eigenvalue weighted by atomic mass is 32.2. The molecule has 32 heavy (non-hydrogen) atoms. The molecule has 4 unspecified atom stereocenters. The van der Waals surface area contributed by atoms with E-state index >= 15 is 0 Å². The lowest BCUT2D eigenvalue weighted by atomic mass is 9.69. The van der Waals surface area contributed by atoms with Crippen LogP contribution < -0.4 is 0 Å². The van der Waals surface area contributed by atoms with Crippen molar-refractivity contribution < 1.29 is 27.5 Å². The van der Waals surface area contributed by atoms with Crippen LogP contribution in [0.25, 0.3) is 0 Å². The summed E-state index contributed by atoms with van der Waals surface area (Å²) in [6.07, 6.45) is 8.37. The number of rotatable bonds is 3. The van der Waals surface area contributed by atoms with E-state index in [2.05, 4.69) is 0 Å². The Morgan fingerprint density at radius 2 is 1.66 bits per heavy atom. The predicted molar refractivity (Wildman–Crippen MR) is 120 cm³/mol. The molecule has 2 saturated heterocycles. The maximum absolute atomic E-state index is 13.4. The Hall–Kier alpha value is -1.35. The molecular weight excluding hydrogens is 432 g/mol. The van der Waals surface area contributed by atoms with Crippen LogP contribution in [0.1, 0.15) is 64.7 Å². The van der Waals surface area contributed by atoms with Gasteiger partial charge in [-0.1, -0.05) is 0 Å². The first-order chi connectivity index (χ1) is 15.2. The summed E-state index contributed by atoms with van der Waals surface area (Å²) in [5.74, 6) is 0.999. The molecule has 4 aliphatic rings. The number of carbonyl (C=O) groups excluding carboxylic acids is 2. The molecule has 2 amide bonds. The van der Waals surface area contributed by atoms with Gasteiger partial charge in [0.15, 0.2) is 0 Å². The summed E-state index contributed by atoms with van der Waals surface area (Å²) in [5, 5.41) is -0.210. The Labute approximate surface area is 191 Å². The van der Waals surface area contributed by atoms with Crippen LogP contribution in [-0.4, -0.2) is 86.2 Å². The smallest absolute Gasteiger partial charge is 0.410 e. The van der Waals surface area contributed by atoms with E-state index in [0.29, 0.717) is 25.0 Å². The first-order valence-corrected chi connectivity index (χ1v) is 14.1. The molecule has 0 N–H and O–H groups in total. The number of methoxy groups -OCH3 is 1. The third kappa shape index (κ3) is 4.65. The van der Waals surface area contributed by atoms with Crippen molar-refractivity contribution in [2.24, 2.45) is 11.8 Å². The topological polar surface area (TPSA) is 93.2 Å². The summed E-state index contributed by atoms with van der Waals surface area (Å²) >= 11 is 0. The van der Waals surface area contributed by atoms with E-state index in [0.717, 1.165) is 57.8 Å². The van der Waals surface area contributed by atoms with Gasteiger partial charge in [-0.2, -0.15) is 0 Å². The minimum Gasteiger partial charge on any atom is -0.453 e. The Kier molecular flexibility index (Phi) is 7.05. The second kappa shape index (κ2) is 9.49. The van der Waals surface area contributed by atoms with Gasteiger partial charge in [-0.05, 0) is 76.5 Å². The molecule has 9 heteroatoms. The summed E-state index contributed by atoms with van der Waals surface area (Å²) in [6, 6.07) is -0.177. The van der Waals surface area contributed by atoms with Gasteiger partial charge >= 0.3 is 6.09 Å². The zero-order valence-corrected chi connectivity index (χ0v) is 20.4. The van der Waals surface area contributed by atoms with Crippen LogP contribution in [0.3, 0.4) is 0 Å². The fraction of sp³-hybridized carbons (Fsp3) is 0.913. The molecule has 0 aromatic heterocycles. The molecule has 2 saturated carbocycles. The predicted octanol–water partition coefficient (Wildman–Crippen LogP) is 2.61. The van der Waals surface area contributed by atoms with Gasteiger partial charge in [-0.25, -0.2) is 13.2 Å². The second-order valence-corrected chi connectivity index (χ2v) is 12.6. The van der Waals surface area contributed by atoms with Crippen molar-refractivity contribution in [3.63, 3.8) is 0 Å². The van der Waals surface area contributed by atoms with E-state index < -0.39 is 9.84 Å². The van der Waals surface area contributed by atoms with Crippen molar-refractivity contribution in [3.05, 3.63) is 0 Å². The lowest BCUT2D eigenvalue weighted by Gasteiger charge is -2.54. The van der Waals surface area contributed by atoms with E-state index in [1.165, 1.54) is 13.4 Å². The van der Waals surface area contributed by atoms with E-state index in [1.54, 1.807) is 0 Å². The van der Waals surface area contributed by atoms with Crippen LogP contribution in [0.15, 0.2) is 0 Å². The van der Waals surface area contributed by atoms with Crippen molar-refractivity contribution in [1.82, 2.24) is 9.80 Å². The molecule has 5 atom stereocenters. The SMILES string of the molecule is COC(=O)N1C2CCC(C3CCC(S(C)(=O)=O)CC3)CC2N(C(=O)C2CCCO2)C[C@@H]1C. The van der Waals surface area contributed by atoms with Gasteiger partial charge in [0.1, 0.15) is 15.9 Å². The molecule has 2 heterocycles. The highest BCUT2D eigenvalue weighted by Crippen LogP contribution is 2.44. The molecule has 4 fully saturated rings. The number of carbonyl (C=O) groups is 2. The molecule has 4 rings (SSSR count). The quantitative estimate of drug-likeness (QED) is 0.629. The molecule has 8 nitrogen and oxygen atoms in total. The Bertz CT molecular complexity index is 803. The lowest BCUT2D eigenvalue weighted by Crippen LogP contribution is -2.68. The monoisotopic (exact) mass is 470 g/mol. The summed E-state index contributed by atoms with van der Waals surface area (Å²) in [4.78, 5) is 29.8. The largest absolute Gasteiger partial charge is 0.453 e. The van der Waals surface area contributed by atoms with Crippen LogP contribution in [0, 0.1) is 11.8 Å². The van der Waals surface area contributed by atoms with Gasteiger partial charge < -0.3 is 14.4 Å². The van der Waals surface area contributed by atoms with Crippen LogP contribution in [0.5, 0.6) is 0 Å². The number of ether oxygens (including phenoxy) is 2. The van der Waals surface area contributed by atoms with Crippen LogP contribution in [0.2, 0.25) is 0 Å². The van der Waals surface area contributed by atoms with Crippen molar-refractivity contribution in [2.75, 3.05) is 26.5 Å². The van der Waals surface area contributed by atoms with E-state index in [1.807, 2.05) is 16.7 Å². The third-order valence-corrected chi connectivity index (χ3v) is 10.1. The van der Waals surface area contributed by atoms with Gasteiger partial charge in [-0.15, -0.1) is 0 Å². The van der Waals surface area contributed by atoms with E-state index in [4.69, 9.17) is 9.47 Å². The molecule has 0 bridgehead atoms. The number of amides is 2. The van der Waals surface area contributed by atoms with Gasteiger partial charge in [-0.3, -0.25) is 9.69 Å². The lowest BCUT2D eigenvalue weighted by molar-refractivity contribution is -0.152. The Balaban J connectivity index is 1.51. The summed E-state index contributed by atoms with van der Waals surface area (Å²) in [6.45, 7) is 3.12. The molecule has 0 radical (unpaired) electrons. The normalized spacial score (nSPS) is 38.3. The number of sulfone groups is 1. The van der Waals surface area contributed by atoms with Gasteiger partial charge in [0.25, 0.3) is 5.91 Å². The van der Waals surface area contributed by atoms with Crippen LogP contribution in [-0.2, 0) is 24.1 Å². The molecule has 2 aliphatic carbocycles. The molecule has 0 aromatic carbocycles. The maximum atomic E-state index is 13.4. The average Bonchev–Trinajstić information content (AvgIpc) is 3.32. The summed E-state index contributed by atoms with van der Waals surface area (Å²) < 4.78 is 34.7. The van der Waals surface area contributed by atoms with Crippen molar-refractivity contribution in [1.29, 1.82) is 0 Å². The summed E-state index contributed by atoms with van der Waals surface area (Å²) in [7, 11) is -1.56. The molecule has 0 aromatic rings. The highest BCUT2D eigenvalue weighted by molar-refractivity contribution is 7.91. The van der Waals surface area contributed by atoms with Gasteiger partial charge in [0.05, 0.1) is 30.5 Å². The average molecular weight is 471 g/mol. The zero-order chi connectivity index (χ0) is 23.0. The Morgan fingerprint density at radius 1 is 0.969 bits per heavy atom. The minimum absolute atomic E-state index is 0.0339. The van der Waals surface area contributed by atoms with Crippen molar-refractivity contribution in [2.45, 2.75) is 94.2 Å². The number of fused-ring (bicyclic) bond motifs is 1. The van der Waals surface area contributed by atoms with Crippen LogP contribution in [0.4, 0.5) is 4.79 Å². The summed E-state index contributed by atoms with van der Waals surface area (Å²) in [5.41, 5.74) is 0. The second-order valence-electron chi connectivity index (χ2n) is 10.3. The first-order valence-electron chi connectivity index (χ1n) is 12.2. The number of nitrogens with zero attached hydrogens (tertiary/aromatic N) is 2. The van der Waals surface area contributed by atoms with E-state index in [9.17, 15) is 18.0 Å². The standard InChI is InChI=1S/C23H38N2O6S/c1-15-14-24(22(26)21-5-4-12-31-21)20-13-17(8-11-19(20)25(15)23(27)30-2)16-6-9-18(10-7-16)32(3,28)29/h15-21H,4-14H2,1-3H3/t15-,16?,17?,18?,19?,20?,21?/m0/s1. The van der Waals surface area contributed by atoms with Crippen molar-refractivity contribution >= 4 is 21.8 Å². The van der Waals surface area contributed by atoms with Crippen molar-refractivity contribution in [3.8, 4) is 0 Å². The van der Waals surface area contributed by atoms with Crippen LogP contribution >= 0.6 is 0 Å². The zero-order valence-electron chi connectivity index (χ0n) is 19.6. The van der Waals surface area contributed by atoms with E-state index in [-0.39, 0.29) is 41.5 Å². The van der Waals surface area contributed by atoms with Gasteiger partial charge in [0.2, 0.25) is 0 Å². The third-order valence-electron chi connectivity index (χ3n) is 8.38. The number of hydrogen-bond acceptors (Lipinski definition) is 6.